The van der Waals surface area contributed by atoms with E-state index in [4.69, 9.17) is 23.2 Å². The average molecular weight is 530 g/mol. The van der Waals surface area contributed by atoms with Crippen molar-refractivity contribution in [1.82, 2.24) is 10.2 Å². The van der Waals surface area contributed by atoms with E-state index in [9.17, 15) is 9.59 Å². The molecule has 0 aromatic heterocycles. The second-order valence-electron chi connectivity index (χ2n) is 8.42. The summed E-state index contributed by atoms with van der Waals surface area (Å²) >= 11 is 13.6. The van der Waals surface area contributed by atoms with Crippen molar-refractivity contribution < 1.29 is 9.59 Å². The number of nitrogens with zero attached hydrogens (tertiary/aromatic N) is 1. The maximum absolute atomic E-state index is 13.6. The van der Waals surface area contributed by atoms with E-state index >= 15 is 0 Å². The summed E-state index contributed by atoms with van der Waals surface area (Å²) in [5, 5.41) is 4.32. The van der Waals surface area contributed by atoms with E-state index in [1.807, 2.05) is 74.5 Å². The van der Waals surface area contributed by atoms with Crippen LogP contribution in [0.4, 0.5) is 0 Å². The van der Waals surface area contributed by atoms with Gasteiger partial charge < -0.3 is 10.2 Å². The molecule has 0 spiro atoms. The Bertz CT molecular complexity index is 1110. The van der Waals surface area contributed by atoms with E-state index in [1.165, 1.54) is 11.8 Å². The Labute approximate surface area is 222 Å². The number of hydrogen-bond acceptors (Lipinski definition) is 3. The Morgan fingerprint density at radius 2 is 1.60 bits per heavy atom. The number of carbonyl (C=O) groups is 2. The molecule has 0 radical (unpaired) electrons. The molecule has 0 saturated carbocycles. The zero-order valence-corrected chi connectivity index (χ0v) is 22.2. The van der Waals surface area contributed by atoms with Crippen molar-refractivity contribution in [2.24, 2.45) is 0 Å². The fourth-order valence-corrected chi connectivity index (χ4v) is 4.71. The van der Waals surface area contributed by atoms with Crippen molar-refractivity contribution in [3.63, 3.8) is 0 Å². The van der Waals surface area contributed by atoms with E-state index < -0.39 is 6.04 Å². The van der Waals surface area contributed by atoms with Crippen LogP contribution < -0.4 is 5.32 Å². The topological polar surface area (TPSA) is 49.4 Å². The number of carbonyl (C=O) groups excluding carboxylic acids is 2. The predicted molar refractivity (Wildman–Crippen MR) is 146 cm³/mol. The molecule has 3 aromatic carbocycles. The first-order chi connectivity index (χ1) is 16.9. The maximum Gasteiger partial charge on any atom is 0.243 e. The van der Waals surface area contributed by atoms with Crippen LogP contribution in [0.2, 0.25) is 10.0 Å². The van der Waals surface area contributed by atoms with Gasteiger partial charge in [0.05, 0.1) is 5.75 Å². The highest BCUT2D eigenvalue weighted by atomic mass is 35.5. The third-order valence-electron chi connectivity index (χ3n) is 5.69. The van der Waals surface area contributed by atoms with Crippen molar-refractivity contribution >= 4 is 46.8 Å². The van der Waals surface area contributed by atoms with Crippen LogP contribution >= 0.6 is 35.0 Å². The largest absolute Gasteiger partial charge is 0.352 e. The first kappa shape index (κ1) is 27.1. The van der Waals surface area contributed by atoms with E-state index in [1.54, 1.807) is 23.1 Å². The van der Waals surface area contributed by atoms with E-state index in [0.717, 1.165) is 22.4 Å². The van der Waals surface area contributed by atoms with Gasteiger partial charge in [0.2, 0.25) is 11.8 Å². The number of thioether (sulfide) groups is 1. The van der Waals surface area contributed by atoms with Crippen molar-refractivity contribution in [2.75, 3.05) is 5.75 Å². The molecule has 4 nitrogen and oxygen atoms in total. The van der Waals surface area contributed by atoms with Crippen molar-refractivity contribution in [3.05, 3.63) is 100 Å². The van der Waals surface area contributed by atoms with E-state index in [0.29, 0.717) is 16.5 Å². The van der Waals surface area contributed by atoms with Gasteiger partial charge in [0.1, 0.15) is 6.04 Å². The Hall–Kier alpha value is -2.47. The molecule has 0 heterocycles. The van der Waals surface area contributed by atoms with Gasteiger partial charge >= 0.3 is 0 Å². The number of hydrogen-bond donors (Lipinski definition) is 1. The van der Waals surface area contributed by atoms with Gasteiger partial charge in [-0.25, -0.2) is 0 Å². The lowest BCUT2D eigenvalue weighted by Gasteiger charge is -2.32. The SMILES string of the molecule is CC[C@@H](C)NC(=O)[C@@H](Cc1ccccc1)N(Cc1cccc(Cl)c1)C(=O)CSc1ccc(Cl)cc1. The minimum Gasteiger partial charge on any atom is -0.352 e. The van der Waals surface area contributed by atoms with Gasteiger partial charge in [-0.15, -0.1) is 11.8 Å². The molecule has 7 heteroatoms. The van der Waals surface area contributed by atoms with Crippen molar-refractivity contribution in [3.8, 4) is 0 Å². The first-order valence-corrected chi connectivity index (χ1v) is 13.4. The molecule has 0 saturated heterocycles. The maximum atomic E-state index is 13.6. The molecular weight excluding hydrogens is 499 g/mol. The molecule has 0 aliphatic rings. The van der Waals surface area contributed by atoms with Gasteiger partial charge in [-0.05, 0) is 60.9 Å². The number of nitrogens with one attached hydrogen (secondary N) is 1. The number of amides is 2. The highest BCUT2D eigenvalue weighted by Crippen LogP contribution is 2.23. The van der Waals surface area contributed by atoms with Gasteiger partial charge in [0, 0.05) is 33.9 Å². The molecule has 2 amide bonds. The number of halogens is 2. The van der Waals surface area contributed by atoms with Crippen LogP contribution in [-0.4, -0.2) is 34.6 Å². The summed E-state index contributed by atoms with van der Waals surface area (Å²) in [6.07, 6.45) is 1.22. The van der Waals surface area contributed by atoms with E-state index in [2.05, 4.69) is 5.32 Å². The van der Waals surface area contributed by atoms with Gasteiger partial charge in [-0.1, -0.05) is 72.6 Å². The lowest BCUT2D eigenvalue weighted by Crippen LogP contribution is -2.52. The minimum absolute atomic E-state index is 0.00679. The molecule has 0 aliphatic heterocycles. The van der Waals surface area contributed by atoms with Crippen LogP contribution in [0.1, 0.15) is 31.4 Å². The van der Waals surface area contributed by atoms with Gasteiger partial charge in [0.15, 0.2) is 0 Å². The van der Waals surface area contributed by atoms with Gasteiger partial charge in [-0.2, -0.15) is 0 Å². The molecule has 2 atom stereocenters. The third kappa shape index (κ3) is 8.60. The number of benzene rings is 3. The van der Waals surface area contributed by atoms with Crippen molar-refractivity contribution in [2.45, 2.75) is 50.2 Å². The zero-order valence-electron chi connectivity index (χ0n) is 19.9. The molecule has 3 rings (SSSR count). The lowest BCUT2D eigenvalue weighted by atomic mass is 10.0. The Kier molecular flexibility index (Phi) is 10.5. The molecule has 35 heavy (non-hydrogen) atoms. The first-order valence-electron chi connectivity index (χ1n) is 11.6. The van der Waals surface area contributed by atoms with Crippen LogP contribution in [0, 0.1) is 0 Å². The van der Waals surface area contributed by atoms with E-state index in [-0.39, 0.29) is 30.2 Å². The Morgan fingerprint density at radius 3 is 2.26 bits per heavy atom. The van der Waals surface area contributed by atoms with Crippen molar-refractivity contribution in [1.29, 1.82) is 0 Å². The second kappa shape index (κ2) is 13.6. The predicted octanol–water partition coefficient (Wildman–Crippen LogP) is 6.64. The lowest BCUT2D eigenvalue weighted by molar-refractivity contribution is -0.139. The standard InChI is InChI=1S/C28H30Cl2N2O2S/c1-3-20(2)31-28(34)26(17-21-8-5-4-6-9-21)32(18-22-10-7-11-24(30)16-22)27(33)19-35-25-14-12-23(29)13-15-25/h4-16,20,26H,3,17-19H2,1-2H3,(H,31,34)/t20-,26-/m1/s1. The average Bonchev–Trinajstić information content (AvgIpc) is 2.86. The summed E-state index contributed by atoms with van der Waals surface area (Å²) in [4.78, 5) is 29.7. The summed E-state index contributed by atoms with van der Waals surface area (Å²) in [6.45, 7) is 4.28. The fourth-order valence-electron chi connectivity index (χ4n) is 3.59. The molecule has 0 bridgehead atoms. The number of rotatable bonds is 11. The quantitative estimate of drug-likeness (QED) is 0.283. The normalized spacial score (nSPS) is 12.6. The minimum atomic E-state index is -0.663. The molecule has 0 aliphatic carbocycles. The fraction of sp³-hybridized carbons (Fsp3) is 0.286. The third-order valence-corrected chi connectivity index (χ3v) is 7.17. The monoisotopic (exact) mass is 528 g/mol. The zero-order chi connectivity index (χ0) is 25.2. The van der Waals surface area contributed by atoms with Gasteiger partial charge in [0.25, 0.3) is 0 Å². The smallest absolute Gasteiger partial charge is 0.243 e. The van der Waals surface area contributed by atoms with Gasteiger partial charge in [-0.3, -0.25) is 9.59 Å². The van der Waals surface area contributed by atoms with Crippen LogP contribution in [0.5, 0.6) is 0 Å². The summed E-state index contributed by atoms with van der Waals surface area (Å²) < 4.78 is 0. The Morgan fingerprint density at radius 1 is 0.914 bits per heavy atom. The summed E-state index contributed by atoms with van der Waals surface area (Å²) in [5.74, 6) is -0.0791. The molecule has 184 valence electrons. The molecule has 1 N–H and O–H groups in total. The molecule has 3 aromatic rings. The highest BCUT2D eigenvalue weighted by Gasteiger charge is 2.31. The molecular formula is C28H30Cl2N2O2S. The second-order valence-corrected chi connectivity index (χ2v) is 10.3. The molecule has 0 fully saturated rings. The summed E-state index contributed by atoms with van der Waals surface area (Å²) in [5.41, 5.74) is 1.86. The van der Waals surface area contributed by atoms with Crippen LogP contribution in [0.3, 0.4) is 0 Å². The molecule has 0 unspecified atom stereocenters. The highest BCUT2D eigenvalue weighted by molar-refractivity contribution is 8.00. The van der Waals surface area contributed by atoms with Crippen LogP contribution in [0.25, 0.3) is 0 Å². The van der Waals surface area contributed by atoms with Crippen LogP contribution in [0.15, 0.2) is 83.8 Å². The summed E-state index contributed by atoms with van der Waals surface area (Å²) in [7, 11) is 0. The Balaban J connectivity index is 1.90. The van der Waals surface area contributed by atoms with Crippen LogP contribution in [-0.2, 0) is 22.6 Å². The summed E-state index contributed by atoms with van der Waals surface area (Å²) in [6, 6.07) is 23.9.